The topological polar surface area (TPSA) is 37.3 Å². The third kappa shape index (κ3) is 3.35. The monoisotopic (exact) mass is 328 g/mol. The van der Waals surface area contributed by atoms with Crippen LogP contribution in [0.3, 0.4) is 0 Å². The van der Waals surface area contributed by atoms with E-state index in [0.717, 1.165) is 18.4 Å². The first-order valence-electron chi connectivity index (χ1n) is 6.60. The van der Waals surface area contributed by atoms with E-state index in [2.05, 4.69) is 22.9 Å². The summed E-state index contributed by atoms with van der Waals surface area (Å²) in [5.74, 6) is -0.486. The van der Waals surface area contributed by atoms with Crippen molar-refractivity contribution in [3.63, 3.8) is 0 Å². The minimum atomic E-state index is -0.750. The molecule has 0 radical (unpaired) electrons. The van der Waals surface area contributed by atoms with E-state index < -0.39 is 11.4 Å². The van der Waals surface area contributed by atoms with Gasteiger partial charge in [0.05, 0.1) is 5.41 Å². The third-order valence-electron chi connectivity index (χ3n) is 4.15. The van der Waals surface area contributed by atoms with Crippen molar-refractivity contribution in [3.8, 4) is 0 Å². The van der Waals surface area contributed by atoms with E-state index in [-0.39, 0.29) is 5.82 Å². The molecule has 0 unspecified atom stereocenters. The van der Waals surface area contributed by atoms with Crippen LogP contribution in [0.5, 0.6) is 0 Å². The number of benzene rings is 1. The van der Waals surface area contributed by atoms with Crippen LogP contribution in [0.2, 0.25) is 0 Å². The first-order valence-corrected chi connectivity index (χ1v) is 7.39. The Labute approximate surface area is 121 Å². The number of aliphatic carboxylic acids is 1. The van der Waals surface area contributed by atoms with Gasteiger partial charge >= 0.3 is 5.97 Å². The van der Waals surface area contributed by atoms with Crippen molar-refractivity contribution in [2.75, 3.05) is 0 Å². The number of carboxylic acids is 1. The molecule has 0 heterocycles. The molecule has 0 spiro atoms. The molecule has 2 rings (SSSR count). The van der Waals surface area contributed by atoms with Gasteiger partial charge in [-0.1, -0.05) is 22.9 Å². The maximum atomic E-state index is 13.4. The molecular formula is C15H18BrFO2. The highest BCUT2D eigenvalue weighted by Gasteiger charge is 2.41. The van der Waals surface area contributed by atoms with E-state index in [1.54, 1.807) is 0 Å². The fourth-order valence-corrected chi connectivity index (χ4v) is 3.40. The van der Waals surface area contributed by atoms with E-state index in [0.29, 0.717) is 29.7 Å². The van der Waals surface area contributed by atoms with Gasteiger partial charge < -0.3 is 5.11 Å². The number of hydrogen-bond donors (Lipinski definition) is 1. The molecule has 0 atom stereocenters. The van der Waals surface area contributed by atoms with E-state index >= 15 is 0 Å². The Hall–Kier alpha value is -0.900. The number of carboxylic acid groups (broad SMARTS) is 1. The lowest BCUT2D eigenvalue weighted by Gasteiger charge is -2.36. The van der Waals surface area contributed by atoms with Gasteiger partial charge in [0.1, 0.15) is 5.82 Å². The van der Waals surface area contributed by atoms with Crippen LogP contribution in [-0.2, 0) is 11.2 Å². The van der Waals surface area contributed by atoms with Gasteiger partial charge in [0, 0.05) is 4.47 Å². The second-order valence-electron chi connectivity index (χ2n) is 5.72. The third-order valence-corrected chi connectivity index (χ3v) is 4.61. The Balaban J connectivity index is 2.24. The molecule has 0 saturated heterocycles. The van der Waals surface area contributed by atoms with Crippen molar-refractivity contribution in [2.45, 2.75) is 39.0 Å². The summed E-state index contributed by atoms with van der Waals surface area (Å²) in [6, 6.07) is 4.64. The highest BCUT2D eigenvalue weighted by Crippen LogP contribution is 2.42. The maximum absolute atomic E-state index is 13.4. The Kier molecular flexibility index (Phi) is 4.29. The van der Waals surface area contributed by atoms with Crippen molar-refractivity contribution >= 4 is 21.9 Å². The molecule has 19 heavy (non-hydrogen) atoms. The Bertz CT molecular complexity index is 459. The van der Waals surface area contributed by atoms with E-state index in [4.69, 9.17) is 0 Å². The summed E-state index contributed by atoms with van der Waals surface area (Å²) < 4.78 is 14.1. The summed E-state index contributed by atoms with van der Waals surface area (Å²) in [6.45, 7) is 2.16. The summed E-state index contributed by atoms with van der Waals surface area (Å²) >= 11 is 3.25. The average molecular weight is 329 g/mol. The van der Waals surface area contributed by atoms with Gasteiger partial charge in [-0.2, -0.15) is 0 Å². The Morgan fingerprint density at radius 1 is 1.42 bits per heavy atom. The molecule has 1 aromatic rings. The maximum Gasteiger partial charge on any atom is 0.309 e. The van der Waals surface area contributed by atoms with E-state index in [1.165, 1.54) is 12.1 Å². The van der Waals surface area contributed by atoms with Crippen LogP contribution in [0.1, 0.15) is 38.2 Å². The molecule has 0 aliphatic heterocycles. The van der Waals surface area contributed by atoms with Crippen molar-refractivity contribution in [2.24, 2.45) is 11.3 Å². The smallest absolute Gasteiger partial charge is 0.309 e. The molecule has 0 amide bonds. The molecule has 1 aliphatic carbocycles. The van der Waals surface area contributed by atoms with Crippen molar-refractivity contribution in [1.82, 2.24) is 0 Å². The SMILES string of the molecule is CC1CCC(Cc2cc(F)cc(Br)c2)(C(=O)O)CC1. The lowest BCUT2D eigenvalue weighted by molar-refractivity contribution is -0.151. The summed E-state index contributed by atoms with van der Waals surface area (Å²) in [4.78, 5) is 11.7. The number of carbonyl (C=O) groups is 1. The van der Waals surface area contributed by atoms with Crippen LogP contribution < -0.4 is 0 Å². The summed E-state index contributed by atoms with van der Waals surface area (Å²) in [6.07, 6.45) is 3.63. The van der Waals surface area contributed by atoms with Gasteiger partial charge in [0.25, 0.3) is 0 Å². The van der Waals surface area contributed by atoms with Gasteiger partial charge in [-0.15, -0.1) is 0 Å². The summed E-state index contributed by atoms with van der Waals surface area (Å²) in [5, 5.41) is 9.57. The first kappa shape index (κ1) is 14.5. The Morgan fingerprint density at radius 3 is 2.58 bits per heavy atom. The molecule has 2 nitrogen and oxygen atoms in total. The quantitative estimate of drug-likeness (QED) is 0.892. The molecule has 1 aromatic carbocycles. The Morgan fingerprint density at radius 2 is 2.05 bits per heavy atom. The highest BCUT2D eigenvalue weighted by molar-refractivity contribution is 9.10. The molecule has 104 valence electrons. The predicted molar refractivity (Wildman–Crippen MR) is 75.5 cm³/mol. The summed E-state index contributed by atoms with van der Waals surface area (Å²) in [7, 11) is 0. The first-order chi connectivity index (χ1) is 8.91. The fraction of sp³-hybridized carbons (Fsp3) is 0.533. The van der Waals surface area contributed by atoms with Crippen LogP contribution in [0.4, 0.5) is 4.39 Å². The molecule has 4 heteroatoms. The van der Waals surface area contributed by atoms with Crippen molar-refractivity contribution in [1.29, 1.82) is 0 Å². The van der Waals surface area contributed by atoms with Gasteiger partial charge in [0.2, 0.25) is 0 Å². The molecule has 1 fully saturated rings. The molecule has 0 aromatic heterocycles. The predicted octanol–water partition coefficient (Wildman–Crippen LogP) is 4.41. The largest absolute Gasteiger partial charge is 0.481 e. The second kappa shape index (κ2) is 5.61. The fourth-order valence-electron chi connectivity index (χ4n) is 2.88. The minimum absolute atomic E-state index is 0.325. The zero-order valence-corrected chi connectivity index (χ0v) is 12.5. The van der Waals surface area contributed by atoms with E-state index in [9.17, 15) is 14.3 Å². The molecule has 1 N–H and O–H groups in total. The van der Waals surface area contributed by atoms with Crippen LogP contribution >= 0.6 is 15.9 Å². The zero-order chi connectivity index (χ0) is 14.0. The van der Waals surface area contributed by atoms with Crippen molar-refractivity contribution in [3.05, 3.63) is 34.1 Å². The molecule has 0 bridgehead atoms. The molecule has 1 saturated carbocycles. The molecular weight excluding hydrogens is 311 g/mol. The summed E-state index contributed by atoms with van der Waals surface area (Å²) in [5.41, 5.74) is 0.0311. The lowest BCUT2D eigenvalue weighted by atomic mass is 9.68. The number of halogens is 2. The molecule has 1 aliphatic rings. The average Bonchev–Trinajstić information content (AvgIpc) is 2.31. The van der Waals surface area contributed by atoms with Crippen LogP contribution in [0.15, 0.2) is 22.7 Å². The normalized spacial score (nSPS) is 27.2. The van der Waals surface area contributed by atoms with Gasteiger partial charge in [-0.05, 0) is 61.8 Å². The van der Waals surface area contributed by atoms with Crippen LogP contribution in [0, 0.1) is 17.2 Å². The van der Waals surface area contributed by atoms with Crippen LogP contribution in [0.25, 0.3) is 0 Å². The lowest BCUT2D eigenvalue weighted by Crippen LogP contribution is -2.37. The van der Waals surface area contributed by atoms with E-state index in [1.807, 2.05) is 6.07 Å². The minimum Gasteiger partial charge on any atom is -0.481 e. The number of rotatable bonds is 3. The van der Waals surface area contributed by atoms with Gasteiger partial charge in [0.15, 0.2) is 0 Å². The zero-order valence-electron chi connectivity index (χ0n) is 11.0. The van der Waals surface area contributed by atoms with Gasteiger partial charge in [-0.25, -0.2) is 4.39 Å². The highest BCUT2D eigenvalue weighted by atomic mass is 79.9. The van der Waals surface area contributed by atoms with Crippen LogP contribution in [-0.4, -0.2) is 11.1 Å². The van der Waals surface area contributed by atoms with Crippen molar-refractivity contribution < 1.29 is 14.3 Å². The number of hydrogen-bond acceptors (Lipinski definition) is 1. The second-order valence-corrected chi connectivity index (χ2v) is 6.64. The van der Waals surface area contributed by atoms with Gasteiger partial charge in [-0.3, -0.25) is 4.79 Å². The standard InChI is InChI=1S/C15H18BrFO2/c1-10-2-4-15(5-3-10,14(18)19)9-11-6-12(16)8-13(17)7-11/h6-8,10H,2-5,9H2,1H3,(H,18,19).